The molecule has 3 rings (SSSR count). The zero-order valence-electron chi connectivity index (χ0n) is 14.8. The summed E-state index contributed by atoms with van der Waals surface area (Å²) in [6, 6.07) is 12.8. The van der Waals surface area contributed by atoms with Crippen LogP contribution in [0.4, 0.5) is 5.13 Å². The van der Waals surface area contributed by atoms with E-state index in [9.17, 15) is 4.79 Å². The van der Waals surface area contributed by atoms with Crippen LogP contribution in [0.5, 0.6) is 11.5 Å². The summed E-state index contributed by atoms with van der Waals surface area (Å²) in [5.74, 6) is 1.88. The normalized spacial score (nSPS) is 10.4. The maximum absolute atomic E-state index is 12.4. The lowest BCUT2D eigenvalue weighted by Gasteiger charge is -2.08. The van der Waals surface area contributed by atoms with Gasteiger partial charge in [-0.25, -0.2) is 0 Å². The number of ether oxygens (including phenoxy) is 2. The Kier molecular flexibility index (Phi) is 5.48. The molecular weight excluding hydrogens is 350 g/mol. The van der Waals surface area contributed by atoms with Crippen LogP contribution < -0.4 is 14.8 Å². The van der Waals surface area contributed by atoms with Crippen molar-refractivity contribution in [3.05, 3.63) is 53.6 Å². The number of hydrogen-bond acceptors (Lipinski definition) is 6. The van der Waals surface area contributed by atoms with Crippen LogP contribution in [0.15, 0.2) is 42.5 Å². The lowest BCUT2D eigenvalue weighted by Crippen LogP contribution is -2.12. The lowest BCUT2D eigenvalue weighted by atomic mass is 10.1. The van der Waals surface area contributed by atoms with E-state index >= 15 is 0 Å². The molecule has 1 aromatic heterocycles. The van der Waals surface area contributed by atoms with Gasteiger partial charge in [-0.1, -0.05) is 0 Å². The van der Waals surface area contributed by atoms with Crippen LogP contribution in [0.25, 0.3) is 11.4 Å². The van der Waals surface area contributed by atoms with Crippen LogP contribution in [0.1, 0.15) is 22.8 Å². The molecule has 0 saturated carbocycles. The average Bonchev–Trinajstić information content (AvgIpc) is 3.12. The lowest BCUT2D eigenvalue weighted by molar-refractivity contribution is 0.102. The standard InChI is InChI=1S/C19H19N3O3S/c1-4-25-16-10-7-14(11-12(16)2)18(23)21-19-20-17(22-26-19)13-5-8-15(24-3)9-6-13/h5-11H,4H2,1-3H3,(H,20,21,22,23). The molecule has 26 heavy (non-hydrogen) atoms. The second-order valence-electron chi connectivity index (χ2n) is 5.52. The Labute approximate surface area is 156 Å². The van der Waals surface area contributed by atoms with E-state index in [1.165, 1.54) is 0 Å². The molecule has 0 fully saturated rings. The molecule has 6 nitrogen and oxygen atoms in total. The van der Waals surface area contributed by atoms with Gasteiger partial charge in [0.25, 0.3) is 5.91 Å². The van der Waals surface area contributed by atoms with Crippen molar-refractivity contribution in [2.24, 2.45) is 0 Å². The van der Waals surface area contributed by atoms with E-state index in [0.29, 0.717) is 23.1 Å². The zero-order chi connectivity index (χ0) is 18.5. The van der Waals surface area contributed by atoms with E-state index in [0.717, 1.165) is 34.2 Å². The van der Waals surface area contributed by atoms with Crippen LogP contribution in [0.3, 0.4) is 0 Å². The fourth-order valence-corrected chi connectivity index (χ4v) is 2.99. The molecule has 134 valence electrons. The predicted octanol–water partition coefficient (Wildman–Crippen LogP) is 4.17. The Balaban J connectivity index is 1.72. The highest BCUT2D eigenvalue weighted by molar-refractivity contribution is 7.10. The molecule has 0 saturated heterocycles. The number of nitrogens with zero attached hydrogens (tertiary/aromatic N) is 2. The first-order valence-electron chi connectivity index (χ1n) is 8.13. The van der Waals surface area contributed by atoms with Gasteiger partial charge in [-0.3, -0.25) is 10.1 Å². The van der Waals surface area contributed by atoms with E-state index < -0.39 is 0 Å². The summed E-state index contributed by atoms with van der Waals surface area (Å²) in [6.07, 6.45) is 0. The van der Waals surface area contributed by atoms with Crippen LogP contribution in [-0.4, -0.2) is 29.0 Å². The van der Waals surface area contributed by atoms with Gasteiger partial charge in [0.05, 0.1) is 13.7 Å². The third-order valence-corrected chi connectivity index (χ3v) is 4.36. The number of hydrogen-bond donors (Lipinski definition) is 1. The molecule has 0 unspecified atom stereocenters. The van der Waals surface area contributed by atoms with Gasteiger partial charge >= 0.3 is 0 Å². The molecule has 1 heterocycles. The Bertz CT molecular complexity index is 907. The van der Waals surface area contributed by atoms with Gasteiger partial charge in [0.2, 0.25) is 5.13 Å². The molecule has 0 aliphatic carbocycles. The number of carbonyl (C=O) groups excluding carboxylic acids is 1. The van der Waals surface area contributed by atoms with Gasteiger partial charge in [-0.05, 0) is 61.9 Å². The van der Waals surface area contributed by atoms with Crippen molar-refractivity contribution in [1.29, 1.82) is 0 Å². The number of nitrogens with one attached hydrogen (secondary N) is 1. The van der Waals surface area contributed by atoms with Gasteiger partial charge in [0.15, 0.2) is 5.82 Å². The first-order valence-corrected chi connectivity index (χ1v) is 8.91. The first kappa shape index (κ1) is 17.9. The number of benzene rings is 2. The Morgan fingerprint density at radius 1 is 1.19 bits per heavy atom. The van der Waals surface area contributed by atoms with Crippen molar-refractivity contribution in [2.45, 2.75) is 13.8 Å². The number of carbonyl (C=O) groups is 1. The van der Waals surface area contributed by atoms with Gasteiger partial charge in [0.1, 0.15) is 11.5 Å². The van der Waals surface area contributed by atoms with Crippen LogP contribution >= 0.6 is 11.5 Å². The van der Waals surface area contributed by atoms with Gasteiger partial charge in [0, 0.05) is 22.7 Å². The van der Waals surface area contributed by atoms with Crippen molar-refractivity contribution in [3.63, 3.8) is 0 Å². The van der Waals surface area contributed by atoms with Crippen molar-refractivity contribution in [3.8, 4) is 22.9 Å². The maximum atomic E-state index is 12.4. The van der Waals surface area contributed by atoms with Gasteiger partial charge in [-0.15, -0.1) is 0 Å². The second kappa shape index (κ2) is 7.97. The molecule has 1 amide bonds. The topological polar surface area (TPSA) is 73.3 Å². The van der Waals surface area contributed by atoms with Crippen LogP contribution in [0.2, 0.25) is 0 Å². The fourth-order valence-electron chi connectivity index (χ4n) is 2.41. The number of methoxy groups -OCH3 is 1. The van der Waals surface area contributed by atoms with E-state index in [-0.39, 0.29) is 5.91 Å². The molecule has 3 aromatic rings. The van der Waals surface area contributed by atoms with Crippen LogP contribution in [0, 0.1) is 6.92 Å². The molecule has 2 aromatic carbocycles. The highest BCUT2D eigenvalue weighted by atomic mass is 32.1. The molecule has 7 heteroatoms. The van der Waals surface area contributed by atoms with Crippen molar-refractivity contribution in [1.82, 2.24) is 9.36 Å². The number of rotatable bonds is 6. The van der Waals surface area contributed by atoms with Crippen molar-refractivity contribution < 1.29 is 14.3 Å². The summed E-state index contributed by atoms with van der Waals surface area (Å²) in [5.41, 5.74) is 2.32. The minimum atomic E-state index is -0.228. The summed E-state index contributed by atoms with van der Waals surface area (Å²) in [6.45, 7) is 4.43. The van der Waals surface area contributed by atoms with E-state index in [4.69, 9.17) is 9.47 Å². The van der Waals surface area contributed by atoms with Crippen molar-refractivity contribution >= 4 is 22.6 Å². The number of aromatic nitrogens is 2. The largest absolute Gasteiger partial charge is 0.497 e. The Morgan fingerprint density at radius 3 is 2.62 bits per heavy atom. The summed E-state index contributed by atoms with van der Waals surface area (Å²) in [4.78, 5) is 16.8. The van der Waals surface area contributed by atoms with E-state index in [2.05, 4.69) is 14.7 Å². The molecule has 0 aliphatic rings. The Morgan fingerprint density at radius 2 is 1.96 bits per heavy atom. The van der Waals surface area contributed by atoms with Crippen LogP contribution in [-0.2, 0) is 0 Å². The summed E-state index contributed by atoms with van der Waals surface area (Å²) in [5, 5.41) is 3.24. The smallest absolute Gasteiger partial charge is 0.257 e. The second-order valence-corrected chi connectivity index (χ2v) is 6.27. The minimum absolute atomic E-state index is 0.228. The first-order chi connectivity index (χ1) is 12.6. The number of anilines is 1. The molecule has 0 aliphatic heterocycles. The molecule has 0 spiro atoms. The zero-order valence-corrected chi connectivity index (χ0v) is 15.6. The average molecular weight is 369 g/mol. The predicted molar refractivity (Wildman–Crippen MR) is 102 cm³/mol. The quantitative estimate of drug-likeness (QED) is 0.706. The molecule has 0 radical (unpaired) electrons. The molecular formula is C19H19N3O3S. The summed E-state index contributed by atoms with van der Waals surface area (Å²) in [7, 11) is 1.62. The third-order valence-electron chi connectivity index (χ3n) is 3.73. The van der Waals surface area contributed by atoms with Gasteiger partial charge in [-0.2, -0.15) is 9.36 Å². The maximum Gasteiger partial charge on any atom is 0.257 e. The molecule has 0 bridgehead atoms. The number of amides is 1. The van der Waals surface area contributed by atoms with Crippen molar-refractivity contribution in [2.75, 3.05) is 19.0 Å². The molecule has 0 atom stereocenters. The van der Waals surface area contributed by atoms with E-state index in [1.54, 1.807) is 25.3 Å². The molecule has 1 N–H and O–H groups in total. The Hall–Kier alpha value is -2.93. The summed E-state index contributed by atoms with van der Waals surface area (Å²) >= 11 is 1.14. The summed E-state index contributed by atoms with van der Waals surface area (Å²) < 4.78 is 14.9. The monoisotopic (exact) mass is 369 g/mol. The highest BCUT2D eigenvalue weighted by Gasteiger charge is 2.12. The van der Waals surface area contributed by atoms with E-state index in [1.807, 2.05) is 38.1 Å². The fraction of sp³-hybridized carbons (Fsp3) is 0.211. The SMILES string of the molecule is CCOc1ccc(C(=O)Nc2nc(-c3ccc(OC)cc3)ns2)cc1C. The van der Waals surface area contributed by atoms with Gasteiger partial charge < -0.3 is 9.47 Å². The highest BCUT2D eigenvalue weighted by Crippen LogP contribution is 2.24. The minimum Gasteiger partial charge on any atom is -0.497 e. The third kappa shape index (κ3) is 4.00. The number of aryl methyl sites for hydroxylation is 1.